The van der Waals surface area contributed by atoms with Crippen LogP contribution >= 0.6 is 15.9 Å². The van der Waals surface area contributed by atoms with Gasteiger partial charge < -0.3 is 0 Å². The van der Waals surface area contributed by atoms with Gasteiger partial charge >= 0.3 is 0 Å². The van der Waals surface area contributed by atoms with E-state index in [1.54, 1.807) is 0 Å². The Kier molecular flexibility index (Phi) is 3.39. The van der Waals surface area contributed by atoms with Gasteiger partial charge in [-0.1, -0.05) is 26.7 Å². The van der Waals surface area contributed by atoms with Crippen molar-refractivity contribution in [3.63, 3.8) is 0 Å². The molecule has 0 aliphatic heterocycles. The highest BCUT2D eigenvalue weighted by Gasteiger charge is 2.21. The monoisotopic (exact) mass is 268 g/mol. The number of hydrogen-bond donors (Lipinski definition) is 0. The Balaban J connectivity index is 2.31. The summed E-state index contributed by atoms with van der Waals surface area (Å²) in [6.45, 7) is 4.28. The van der Waals surface area contributed by atoms with Gasteiger partial charge in [0.15, 0.2) is 0 Å². The molecule has 0 bridgehead atoms. The Morgan fingerprint density at radius 3 is 2.60 bits per heavy atom. The zero-order chi connectivity index (χ0) is 10.8. The number of halogens is 1. The lowest BCUT2D eigenvalue weighted by Gasteiger charge is -2.13. The summed E-state index contributed by atoms with van der Waals surface area (Å²) in [5.74, 6) is 2.04. The maximum atomic E-state index is 4.70. The molecule has 0 radical (unpaired) electrons. The normalized spacial score (nSPS) is 17.6. The van der Waals surface area contributed by atoms with Crippen LogP contribution in [0.25, 0.3) is 0 Å². The Morgan fingerprint density at radius 1 is 1.33 bits per heavy atom. The molecule has 1 aliphatic rings. The molecule has 0 amide bonds. The maximum Gasteiger partial charge on any atom is 0.131 e. The molecular weight excluding hydrogens is 252 g/mol. The minimum absolute atomic E-state index is 0.415. The van der Waals surface area contributed by atoms with E-state index in [4.69, 9.17) is 4.98 Å². The van der Waals surface area contributed by atoms with Crippen LogP contribution in [0.1, 0.15) is 62.9 Å². The second-order valence-electron chi connectivity index (χ2n) is 4.60. The van der Waals surface area contributed by atoms with Crippen molar-refractivity contribution in [2.24, 2.45) is 0 Å². The average Bonchev–Trinajstić information content (AvgIpc) is 2.71. The van der Waals surface area contributed by atoms with Crippen LogP contribution in [0.3, 0.4) is 0 Å². The Bertz CT molecular complexity index is 343. The van der Waals surface area contributed by atoms with Crippen LogP contribution in [0.2, 0.25) is 0 Å². The molecule has 82 valence electrons. The number of hydrogen-bond acceptors (Lipinski definition) is 2. The quantitative estimate of drug-likeness (QED) is 0.810. The molecule has 0 saturated heterocycles. The molecule has 1 aromatic rings. The highest BCUT2D eigenvalue weighted by Crippen LogP contribution is 2.36. The van der Waals surface area contributed by atoms with Crippen molar-refractivity contribution in [2.45, 2.75) is 51.4 Å². The first-order chi connectivity index (χ1) is 7.18. The van der Waals surface area contributed by atoms with Gasteiger partial charge in [0.25, 0.3) is 0 Å². The van der Waals surface area contributed by atoms with E-state index in [0.717, 1.165) is 10.3 Å². The van der Waals surface area contributed by atoms with Gasteiger partial charge in [-0.2, -0.15) is 0 Å². The molecule has 2 nitrogen and oxygen atoms in total. The summed E-state index contributed by atoms with van der Waals surface area (Å²) in [5.41, 5.74) is 1.23. The number of aromatic nitrogens is 2. The molecule has 1 fully saturated rings. The third-order valence-corrected chi connectivity index (χ3v) is 3.66. The lowest BCUT2D eigenvalue weighted by Crippen LogP contribution is -2.05. The van der Waals surface area contributed by atoms with Gasteiger partial charge in [-0.15, -0.1) is 0 Å². The second kappa shape index (κ2) is 4.60. The standard InChI is InChI=1S/C12H17BrN2/c1-8(2)12-14-7-10(13)11(15-12)9-5-3-4-6-9/h7-9H,3-6H2,1-2H3. The number of nitrogens with zero attached hydrogens (tertiary/aromatic N) is 2. The largest absolute Gasteiger partial charge is 0.240 e. The molecule has 0 aromatic carbocycles. The fourth-order valence-corrected chi connectivity index (χ4v) is 2.67. The van der Waals surface area contributed by atoms with Crippen LogP contribution in [0, 0.1) is 0 Å². The van der Waals surface area contributed by atoms with Crippen molar-refractivity contribution in [3.05, 3.63) is 22.2 Å². The van der Waals surface area contributed by atoms with Gasteiger partial charge in [0.05, 0.1) is 10.2 Å². The molecule has 1 aromatic heterocycles. The smallest absolute Gasteiger partial charge is 0.131 e. The van der Waals surface area contributed by atoms with E-state index >= 15 is 0 Å². The molecular formula is C12H17BrN2. The zero-order valence-corrected chi connectivity index (χ0v) is 10.9. The topological polar surface area (TPSA) is 25.8 Å². The average molecular weight is 269 g/mol. The summed E-state index contributed by atoms with van der Waals surface area (Å²) < 4.78 is 1.08. The van der Waals surface area contributed by atoms with Crippen molar-refractivity contribution in [3.8, 4) is 0 Å². The molecule has 3 heteroatoms. The molecule has 2 rings (SSSR count). The molecule has 0 unspecified atom stereocenters. The van der Waals surface area contributed by atoms with Gasteiger partial charge in [-0.25, -0.2) is 9.97 Å². The number of rotatable bonds is 2. The first-order valence-corrected chi connectivity index (χ1v) is 6.50. The predicted octanol–water partition coefficient (Wildman–Crippen LogP) is 4.02. The van der Waals surface area contributed by atoms with Crippen LogP contribution in [0.4, 0.5) is 0 Å². The molecule has 15 heavy (non-hydrogen) atoms. The minimum Gasteiger partial charge on any atom is -0.240 e. The first-order valence-electron chi connectivity index (χ1n) is 5.71. The highest BCUT2D eigenvalue weighted by molar-refractivity contribution is 9.10. The lowest BCUT2D eigenvalue weighted by atomic mass is 10.0. The minimum atomic E-state index is 0.415. The van der Waals surface area contributed by atoms with Gasteiger partial charge in [0.1, 0.15) is 5.82 Å². The maximum absolute atomic E-state index is 4.70. The van der Waals surface area contributed by atoms with E-state index < -0.39 is 0 Å². The fraction of sp³-hybridized carbons (Fsp3) is 0.667. The summed E-state index contributed by atoms with van der Waals surface area (Å²) in [7, 11) is 0. The summed E-state index contributed by atoms with van der Waals surface area (Å²) in [5, 5.41) is 0. The Labute approximate surface area is 99.7 Å². The lowest BCUT2D eigenvalue weighted by molar-refractivity contribution is 0.664. The van der Waals surface area contributed by atoms with E-state index in [2.05, 4.69) is 34.8 Å². The summed E-state index contributed by atoms with van der Waals surface area (Å²) in [6, 6.07) is 0. The van der Waals surface area contributed by atoms with Gasteiger partial charge in [0, 0.05) is 18.0 Å². The Morgan fingerprint density at radius 2 is 2.00 bits per heavy atom. The van der Waals surface area contributed by atoms with E-state index in [9.17, 15) is 0 Å². The van der Waals surface area contributed by atoms with Crippen molar-refractivity contribution in [2.75, 3.05) is 0 Å². The van der Waals surface area contributed by atoms with Gasteiger partial charge in [0.2, 0.25) is 0 Å². The third-order valence-electron chi connectivity index (χ3n) is 3.05. The SMILES string of the molecule is CC(C)c1ncc(Br)c(C2CCCC2)n1. The van der Waals surface area contributed by atoms with Crippen LogP contribution in [-0.2, 0) is 0 Å². The first kappa shape index (κ1) is 11.1. The van der Waals surface area contributed by atoms with Crippen LogP contribution in [0.5, 0.6) is 0 Å². The second-order valence-corrected chi connectivity index (χ2v) is 5.45. The highest BCUT2D eigenvalue weighted by atomic mass is 79.9. The molecule has 1 heterocycles. The molecule has 1 aliphatic carbocycles. The molecule has 1 saturated carbocycles. The predicted molar refractivity (Wildman–Crippen MR) is 65.0 cm³/mol. The van der Waals surface area contributed by atoms with Crippen molar-refractivity contribution in [1.29, 1.82) is 0 Å². The zero-order valence-electron chi connectivity index (χ0n) is 9.33. The van der Waals surface area contributed by atoms with Gasteiger partial charge in [-0.3, -0.25) is 0 Å². The van der Waals surface area contributed by atoms with E-state index in [0.29, 0.717) is 11.8 Å². The molecule has 0 N–H and O–H groups in total. The van der Waals surface area contributed by atoms with Gasteiger partial charge in [-0.05, 0) is 28.8 Å². The molecule has 0 atom stereocenters. The van der Waals surface area contributed by atoms with Crippen molar-refractivity contribution < 1.29 is 0 Å². The van der Waals surface area contributed by atoms with Crippen LogP contribution in [0.15, 0.2) is 10.7 Å². The fourth-order valence-electron chi connectivity index (χ4n) is 2.16. The van der Waals surface area contributed by atoms with E-state index in [-0.39, 0.29) is 0 Å². The van der Waals surface area contributed by atoms with E-state index in [1.807, 2.05) is 6.20 Å². The van der Waals surface area contributed by atoms with E-state index in [1.165, 1.54) is 31.4 Å². The van der Waals surface area contributed by atoms with Crippen LogP contribution < -0.4 is 0 Å². The summed E-state index contributed by atoms with van der Waals surface area (Å²) in [4.78, 5) is 9.05. The summed E-state index contributed by atoms with van der Waals surface area (Å²) >= 11 is 3.56. The van der Waals surface area contributed by atoms with Crippen molar-refractivity contribution >= 4 is 15.9 Å². The Hall–Kier alpha value is -0.440. The summed E-state index contributed by atoms with van der Waals surface area (Å²) in [6.07, 6.45) is 7.17. The van der Waals surface area contributed by atoms with Crippen molar-refractivity contribution in [1.82, 2.24) is 9.97 Å². The van der Waals surface area contributed by atoms with Crippen LogP contribution in [-0.4, -0.2) is 9.97 Å². The molecule has 0 spiro atoms. The third kappa shape index (κ3) is 2.39.